The first kappa shape index (κ1) is 21.9. The molecule has 0 aliphatic rings. The van der Waals surface area contributed by atoms with Crippen molar-refractivity contribution in [2.24, 2.45) is 0 Å². The van der Waals surface area contributed by atoms with Crippen LogP contribution in [-0.4, -0.2) is 17.6 Å². The molecule has 0 aliphatic heterocycles. The molecule has 0 aromatic heterocycles. The largest absolute Gasteiger partial charge is 0.494 e. The molecule has 0 atom stereocenters. The minimum absolute atomic E-state index is 0.228. The summed E-state index contributed by atoms with van der Waals surface area (Å²) in [4.78, 5) is 12.0. The van der Waals surface area contributed by atoms with Crippen LogP contribution < -0.4 is 15.4 Å². The summed E-state index contributed by atoms with van der Waals surface area (Å²) in [5.74, 6) is 0.467. The lowest BCUT2D eigenvalue weighted by atomic mass is 10.2. The number of ether oxygens (including phenoxy) is 1. The van der Waals surface area contributed by atoms with Gasteiger partial charge in [-0.05, 0) is 54.5 Å². The van der Waals surface area contributed by atoms with Crippen molar-refractivity contribution >= 4 is 46.6 Å². The Morgan fingerprint density at radius 1 is 1.14 bits per heavy atom. The average molecular weight is 417 g/mol. The van der Waals surface area contributed by atoms with Gasteiger partial charge in [-0.1, -0.05) is 56.0 Å². The van der Waals surface area contributed by atoms with Crippen molar-refractivity contribution in [3.8, 4) is 5.75 Å². The first-order valence-corrected chi connectivity index (χ1v) is 10.1. The second-order valence-electron chi connectivity index (χ2n) is 6.27. The maximum atomic E-state index is 12.0. The van der Waals surface area contributed by atoms with E-state index in [0.29, 0.717) is 11.6 Å². The second-order valence-corrected chi connectivity index (χ2v) is 7.11. The Kier molecular flexibility index (Phi) is 9.52. The summed E-state index contributed by atoms with van der Waals surface area (Å²) in [6.45, 7) is 2.88. The Hall–Kier alpha value is -2.37. The molecule has 0 unspecified atom stereocenters. The van der Waals surface area contributed by atoms with E-state index in [0.717, 1.165) is 23.4 Å². The number of hydrogen-bond acceptors (Lipinski definition) is 3. The van der Waals surface area contributed by atoms with Gasteiger partial charge in [-0.3, -0.25) is 10.1 Å². The maximum absolute atomic E-state index is 12.0. The number of nitrogens with one attached hydrogen (secondary N) is 2. The molecule has 6 heteroatoms. The van der Waals surface area contributed by atoms with Crippen LogP contribution in [-0.2, 0) is 4.79 Å². The standard InChI is InChI=1S/C22H25ClN2O2S/c1-2-3-4-5-15-27-20-8-6-7-19(16-20)24-22(28)25-21(26)14-11-17-9-12-18(23)13-10-17/h6-14,16H,2-5,15H2,1H3,(H2,24,25,26,28)/b14-11+. The van der Waals surface area contributed by atoms with Gasteiger partial charge in [-0.25, -0.2) is 0 Å². The van der Waals surface area contributed by atoms with Gasteiger partial charge in [0.25, 0.3) is 0 Å². The summed E-state index contributed by atoms with van der Waals surface area (Å²) in [5.41, 5.74) is 1.64. The molecule has 0 fully saturated rings. The Balaban J connectivity index is 1.79. The number of halogens is 1. The van der Waals surface area contributed by atoms with Crippen molar-refractivity contribution in [2.75, 3.05) is 11.9 Å². The molecule has 0 heterocycles. The topological polar surface area (TPSA) is 50.4 Å². The predicted octanol–water partition coefficient (Wildman–Crippen LogP) is 5.83. The van der Waals surface area contributed by atoms with Crippen LogP contribution in [0.1, 0.15) is 38.2 Å². The molecule has 0 radical (unpaired) electrons. The zero-order chi connectivity index (χ0) is 20.2. The Morgan fingerprint density at radius 3 is 2.68 bits per heavy atom. The van der Waals surface area contributed by atoms with Crippen LogP contribution in [0.25, 0.3) is 6.08 Å². The summed E-state index contributed by atoms with van der Waals surface area (Å²) in [7, 11) is 0. The fraction of sp³-hybridized carbons (Fsp3) is 0.273. The number of unbranched alkanes of at least 4 members (excludes halogenated alkanes) is 3. The fourth-order valence-corrected chi connectivity index (χ4v) is 2.79. The highest BCUT2D eigenvalue weighted by atomic mass is 35.5. The molecule has 0 aliphatic carbocycles. The summed E-state index contributed by atoms with van der Waals surface area (Å²) < 4.78 is 5.76. The van der Waals surface area contributed by atoms with Gasteiger partial charge in [-0.15, -0.1) is 0 Å². The number of carbonyl (C=O) groups is 1. The van der Waals surface area contributed by atoms with E-state index in [1.807, 2.05) is 36.4 Å². The lowest BCUT2D eigenvalue weighted by molar-refractivity contribution is -0.115. The number of carbonyl (C=O) groups excluding carboxylic acids is 1. The molecule has 2 aromatic rings. The number of amides is 1. The van der Waals surface area contributed by atoms with Crippen LogP contribution in [0, 0.1) is 0 Å². The van der Waals surface area contributed by atoms with Crippen LogP contribution in [0.3, 0.4) is 0 Å². The highest BCUT2D eigenvalue weighted by Gasteiger charge is 2.03. The SMILES string of the molecule is CCCCCCOc1cccc(NC(=S)NC(=O)/C=C/c2ccc(Cl)cc2)c1. The van der Waals surface area contributed by atoms with E-state index >= 15 is 0 Å². The van der Waals surface area contributed by atoms with Gasteiger partial charge in [0.15, 0.2) is 5.11 Å². The van der Waals surface area contributed by atoms with Crippen molar-refractivity contribution in [1.29, 1.82) is 0 Å². The van der Waals surface area contributed by atoms with Gasteiger partial charge >= 0.3 is 0 Å². The molecule has 2 rings (SSSR count). The van der Waals surface area contributed by atoms with Crippen LogP contribution in [0.5, 0.6) is 5.75 Å². The average Bonchev–Trinajstić information content (AvgIpc) is 2.67. The summed E-state index contributed by atoms with van der Waals surface area (Å²) >= 11 is 11.0. The van der Waals surface area contributed by atoms with Gasteiger partial charge in [0, 0.05) is 22.9 Å². The quantitative estimate of drug-likeness (QED) is 0.307. The Bertz CT molecular complexity index is 806. The molecule has 0 saturated heterocycles. The van der Waals surface area contributed by atoms with E-state index in [-0.39, 0.29) is 11.0 Å². The molecule has 4 nitrogen and oxygen atoms in total. The minimum Gasteiger partial charge on any atom is -0.494 e. The lowest BCUT2D eigenvalue weighted by Crippen LogP contribution is -2.32. The molecule has 0 spiro atoms. The van der Waals surface area contributed by atoms with E-state index < -0.39 is 0 Å². The molecule has 148 valence electrons. The third-order valence-electron chi connectivity index (χ3n) is 3.89. The van der Waals surface area contributed by atoms with Gasteiger partial charge in [0.2, 0.25) is 5.91 Å². The van der Waals surface area contributed by atoms with Crippen molar-refractivity contribution in [3.63, 3.8) is 0 Å². The van der Waals surface area contributed by atoms with Crippen LogP contribution in [0.15, 0.2) is 54.6 Å². The lowest BCUT2D eigenvalue weighted by Gasteiger charge is -2.11. The van der Waals surface area contributed by atoms with Crippen molar-refractivity contribution in [3.05, 3.63) is 65.2 Å². The Morgan fingerprint density at radius 2 is 1.93 bits per heavy atom. The number of hydrogen-bond donors (Lipinski definition) is 2. The molecule has 2 N–H and O–H groups in total. The van der Waals surface area contributed by atoms with Crippen molar-refractivity contribution in [1.82, 2.24) is 5.32 Å². The Labute approximate surface area is 176 Å². The first-order chi connectivity index (χ1) is 13.6. The van der Waals surface area contributed by atoms with Gasteiger partial charge in [0.1, 0.15) is 5.75 Å². The van der Waals surface area contributed by atoms with Gasteiger partial charge < -0.3 is 10.1 Å². The smallest absolute Gasteiger partial charge is 0.250 e. The molecular weight excluding hydrogens is 392 g/mol. The van der Waals surface area contributed by atoms with Gasteiger partial charge in [-0.2, -0.15) is 0 Å². The predicted molar refractivity (Wildman–Crippen MR) is 121 cm³/mol. The summed E-state index contributed by atoms with van der Waals surface area (Å²) in [5, 5.41) is 6.50. The van der Waals surface area contributed by atoms with E-state index in [4.69, 9.17) is 28.6 Å². The number of anilines is 1. The monoisotopic (exact) mass is 416 g/mol. The fourth-order valence-electron chi connectivity index (χ4n) is 2.44. The second kappa shape index (κ2) is 12.2. The maximum Gasteiger partial charge on any atom is 0.250 e. The van der Waals surface area contributed by atoms with Crippen molar-refractivity contribution in [2.45, 2.75) is 32.6 Å². The third kappa shape index (κ3) is 8.55. The van der Waals surface area contributed by atoms with Gasteiger partial charge in [0.05, 0.1) is 6.61 Å². The number of rotatable bonds is 9. The zero-order valence-corrected chi connectivity index (χ0v) is 17.5. The molecular formula is C22H25ClN2O2S. The van der Waals surface area contributed by atoms with Crippen molar-refractivity contribution < 1.29 is 9.53 Å². The highest BCUT2D eigenvalue weighted by molar-refractivity contribution is 7.80. The molecule has 0 bridgehead atoms. The van der Waals surface area contributed by atoms with Crippen LogP contribution in [0.2, 0.25) is 5.02 Å². The normalized spacial score (nSPS) is 10.6. The zero-order valence-electron chi connectivity index (χ0n) is 15.9. The molecule has 2 aromatic carbocycles. The summed E-state index contributed by atoms with van der Waals surface area (Å²) in [6, 6.07) is 14.7. The number of benzene rings is 2. The van der Waals surface area contributed by atoms with E-state index in [1.165, 1.54) is 25.3 Å². The van der Waals surface area contributed by atoms with Crippen LogP contribution >= 0.6 is 23.8 Å². The highest BCUT2D eigenvalue weighted by Crippen LogP contribution is 2.18. The molecule has 0 saturated carbocycles. The minimum atomic E-state index is -0.309. The van der Waals surface area contributed by atoms with Crippen LogP contribution in [0.4, 0.5) is 5.69 Å². The molecule has 28 heavy (non-hydrogen) atoms. The van der Waals surface area contributed by atoms with E-state index in [1.54, 1.807) is 18.2 Å². The molecule has 1 amide bonds. The summed E-state index contributed by atoms with van der Waals surface area (Å²) in [6.07, 6.45) is 7.77. The van der Waals surface area contributed by atoms with E-state index in [2.05, 4.69) is 17.6 Å². The third-order valence-corrected chi connectivity index (χ3v) is 4.35. The first-order valence-electron chi connectivity index (χ1n) is 9.35. The number of thiocarbonyl (C=S) groups is 1. The van der Waals surface area contributed by atoms with E-state index in [9.17, 15) is 4.79 Å².